The van der Waals surface area contributed by atoms with Gasteiger partial charge in [-0.2, -0.15) is 0 Å². The highest BCUT2D eigenvalue weighted by Gasteiger charge is 2.19. The van der Waals surface area contributed by atoms with Gasteiger partial charge in [0.1, 0.15) is 0 Å². The molecule has 1 aliphatic rings. The van der Waals surface area contributed by atoms with E-state index in [9.17, 15) is 4.79 Å². The third kappa shape index (κ3) is 2.55. The van der Waals surface area contributed by atoms with Crippen LogP contribution in [0.3, 0.4) is 0 Å². The van der Waals surface area contributed by atoms with Gasteiger partial charge in [0, 0.05) is 0 Å². The first kappa shape index (κ1) is 9.08. The molecule has 1 heterocycles. The van der Waals surface area contributed by atoms with Crippen molar-refractivity contribution in [3.05, 3.63) is 0 Å². The van der Waals surface area contributed by atoms with Gasteiger partial charge in [0.15, 0.2) is 0 Å². The zero-order chi connectivity index (χ0) is 8.81. The van der Waals surface area contributed by atoms with Crippen molar-refractivity contribution in [3.63, 3.8) is 0 Å². The van der Waals surface area contributed by atoms with Crippen molar-refractivity contribution in [2.75, 3.05) is 13.1 Å². The molecule has 3 heteroatoms. The van der Waals surface area contributed by atoms with E-state index in [-0.39, 0.29) is 11.9 Å². The van der Waals surface area contributed by atoms with E-state index in [1.165, 1.54) is 6.42 Å². The fourth-order valence-electron chi connectivity index (χ4n) is 1.34. The van der Waals surface area contributed by atoms with Gasteiger partial charge in [0.05, 0.1) is 12.6 Å². The van der Waals surface area contributed by atoms with Crippen LogP contribution in [0.15, 0.2) is 0 Å². The molecular formula is C9H14N2O. The average Bonchev–Trinajstić information content (AvgIpc) is 2.15. The predicted octanol–water partition coefficient (Wildman–Crippen LogP) is -0.122. The highest BCUT2D eigenvalue weighted by atomic mass is 16.2. The normalized spacial score (nSPS) is 22.8. The highest BCUT2D eigenvalue weighted by Crippen LogP contribution is 2.06. The molecule has 0 aromatic rings. The second kappa shape index (κ2) is 4.78. The van der Waals surface area contributed by atoms with Gasteiger partial charge in [-0.05, 0) is 19.4 Å². The van der Waals surface area contributed by atoms with Crippen molar-refractivity contribution in [2.24, 2.45) is 0 Å². The SMILES string of the molecule is C#CCNC(=O)[C@@H]1CCCCN1. The van der Waals surface area contributed by atoms with Crippen LogP contribution in [-0.2, 0) is 4.79 Å². The number of hydrogen-bond donors (Lipinski definition) is 2. The Morgan fingerprint density at radius 2 is 2.50 bits per heavy atom. The van der Waals surface area contributed by atoms with Crippen LogP contribution in [0.25, 0.3) is 0 Å². The molecule has 1 atom stereocenters. The molecule has 0 saturated carbocycles. The Balaban J connectivity index is 2.26. The minimum Gasteiger partial charge on any atom is -0.344 e. The molecule has 1 fully saturated rings. The molecule has 2 N–H and O–H groups in total. The van der Waals surface area contributed by atoms with Crippen molar-refractivity contribution in [1.29, 1.82) is 0 Å². The standard InChI is InChI=1S/C9H14N2O/c1-2-6-11-9(12)8-5-3-4-7-10-8/h1,8,10H,3-7H2,(H,11,12)/t8-/m0/s1. The monoisotopic (exact) mass is 166 g/mol. The Bertz CT molecular complexity index is 189. The molecule has 0 aromatic carbocycles. The molecule has 0 spiro atoms. The van der Waals surface area contributed by atoms with Crippen molar-refractivity contribution in [3.8, 4) is 12.3 Å². The maximum atomic E-state index is 11.3. The van der Waals surface area contributed by atoms with Gasteiger partial charge in [-0.25, -0.2) is 0 Å². The molecule has 0 aliphatic carbocycles. The molecule has 66 valence electrons. The van der Waals surface area contributed by atoms with Gasteiger partial charge in [-0.3, -0.25) is 4.79 Å². The number of amides is 1. The van der Waals surface area contributed by atoms with Gasteiger partial charge in [-0.15, -0.1) is 6.42 Å². The lowest BCUT2D eigenvalue weighted by Crippen LogP contribution is -2.46. The topological polar surface area (TPSA) is 41.1 Å². The third-order valence-electron chi connectivity index (χ3n) is 1.99. The minimum atomic E-state index is -0.0212. The molecule has 1 amide bonds. The molecule has 0 unspecified atom stereocenters. The van der Waals surface area contributed by atoms with Crippen LogP contribution in [-0.4, -0.2) is 25.0 Å². The van der Waals surface area contributed by atoms with Crippen LogP contribution < -0.4 is 10.6 Å². The summed E-state index contributed by atoms with van der Waals surface area (Å²) in [5.41, 5.74) is 0. The summed E-state index contributed by atoms with van der Waals surface area (Å²) in [4.78, 5) is 11.3. The first-order valence-corrected chi connectivity index (χ1v) is 4.29. The number of hydrogen-bond acceptors (Lipinski definition) is 2. The molecule has 0 radical (unpaired) electrons. The highest BCUT2D eigenvalue weighted by molar-refractivity contribution is 5.81. The Hall–Kier alpha value is -1.01. The maximum Gasteiger partial charge on any atom is 0.237 e. The zero-order valence-electron chi connectivity index (χ0n) is 7.10. The van der Waals surface area contributed by atoms with Gasteiger partial charge in [-0.1, -0.05) is 12.3 Å². The Kier molecular flexibility index (Phi) is 3.62. The lowest BCUT2D eigenvalue weighted by atomic mass is 10.0. The average molecular weight is 166 g/mol. The van der Waals surface area contributed by atoms with Gasteiger partial charge >= 0.3 is 0 Å². The van der Waals surface area contributed by atoms with Crippen LogP contribution in [0.2, 0.25) is 0 Å². The van der Waals surface area contributed by atoms with Gasteiger partial charge in [0.2, 0.25) is 5.91 Å². The van der Waals surface area contributed by atoms with E-state index in [4.69, 9.17) is 6.42 Å². The zero-order valence-corrected chi connectivity index (χ0v) is 7.10. The molecular weight excluding hydrogens is 152 g/mol. The minimum absolute atomic E-state index is 0.0212. The number of piperidine rings is 1. The maximum absolute atomic E-state index is 11.3. The quantitative estimate of drug-likeness (QED) is 0.561. The summed E-state index contributed by atoms with van der Waals surface area (Å²) >= 11 is 0. The fourth-order valence-corrected chi connectivity index (χ4v) is 1.34. The molecule has 0 aromatic heterocycles. The van der Waals surface area contributed by atoms with Crippen LogP contribution in [0.5, 0.6) is 0 Å². The van der Waals surface area contributed by atoms with Crippen molar-refractivity contribution in [1.82, 2.24) is 10.6 Å². The van der Waals surface area contributed by atoms with Crippen molar-refractivity contribution < 1.29 is 4.79 Å². The Morgan fingerprint density at radius 3 is 3.08 bits per heavy atom. The fraction of sp³-hybridized carbons (Fsp3) is 0.667. The number of rotatable bonds is 2. The van der Waals surface area contributed by atoms with E-state index in [1.54, 1.807) is 0 Å². The molecule has 3 nitrogen and oxygen atoms in total. The largest absolute Gasteiger partial charge is 0.344 e. The molecule has 0 bridgehead atoms. The first-order valence-electron chi connectivity index (χ1n) is 4.29. The van der Waals surface area contributed by atoms with E-state index in [0.29, 0.717) is 6.54 Å². The number of terminal acetylenes is 1. The van der Waals surface area contributed by atoms with E-state index in [2.05, 4.69) is 16.6 Å². The Labute approximate surface area is 72.9 Å². The van der Waals surface area contributed by atoms with Gasteiger partial charge in [0.25, 0.3) is 0 Å². The van der Waals surface area contributed by atoms with Crippen LogP contribution in [0.4, 0.5) is 0 Å². The third-order valence-corrected chi connectivity index (χ3v) is 1.99. The summed E-state index contributed by atoms with van der Waals surface area (Å²) in [5, 5.41) is 5.81. The summed E-state index contributed by atoms with van der Waals surface area (Å²) in [6, 6.07) is -0.0212. The second-order valence-electron chi connectivity index (χ2n) is 2.92. The summed E-state index contributed by atoms with van der Waals surface area (Å²) in [7, 11) is 0. The Morgan fingerprint density at radius 1 is 1.67 bits per heavy atom. The van der Waals surface area contributed by atoms with E-state index in [0.717, 1.165) is 19.4 Å². The van der Waals surface area contributed by atoms with Crippen LogP contribution in [0.1, 0.15) is 19.3 Å². The molecule has 1 rings (SSSR count). The van der Waals surface area contributed by atoms with Crippen LogP contribution in [0, 0.1) is 12.3 Å². The van der Waals surface area contributed by atoms with Crippen molar-refractivity contribution >= 4 is 5.91 Å². The molecule has 1 saturated heterocycles. The predicted molar refractivity (Wildman–Crippen MR) is 47.5 cm³/mol. The number of carbonyl (C=O) groups is 1. The smallest absolute Gasteiger partial charge is 0.237 e. The molecule has 12 heavy (non-hydrogen) atoms. The van der Waals surface area contributed by atoms with Crippen LogP contribution >= 0.6 is 0 Å². The lowest BCUT2D eigenvalue weighted by Gasteiger charge is -2.21. The summed E-state index contributed by atoms with van der Waals surface area (Å²) in [6.45, 7) is 1.27. The summed E-state index contributed by atoms with van der Waals surface area (Å²) in [5.74, 6) is 2.41. The lowest BCUT2D eigenvalue weighted by molar-refractivity contribution is -0.123. The number of nitrogens with one attached hydrogen (secondary N) is 2. The van der Waals surface area contributed by atoms with E-state index < -0.39 is 0 Å². The molecule has 1 aliphatic heterocycles. The van der Waals surface area contributed by atoms with Crippen molar-refractivity contribution in [2.45, 2.75) is 25.3 Å². The van der Waals surface area contributed by atoms with E-state index in [1.807, 2.05) is 0 Å². The van der Waals surface area contributed by atoms with E-state index >= 15 is 0 Å². The number of carbonyl (C=O) groups excluding carboxylic acids is 1. The summed E-state index contributed by atoms with van der Waals surface area (Å²) in [6.07, 6.45) is 8.24. The first-order chi connectivity index (χ1) is 5.84. The second-order valence-corrected chi connectivity index (χ2v) is 2.92. The summed E-state index contributed by atoms with van der Waals surface area (Å²) < 4.78 is 0. The van der Waals surface area contributed by atoms with Gasteiger partial charge < -0.3 is 10.6 Å².